The minimum absolute atomic E-state index is 0.00246. The fourth-order valence-corrected chi connectivity index (χ4v) is 4.01. The lowest BCUT2D eigenvalue weighted by Crippen LogP contribution is -2.66. The van der Waals surface area contributed by atoms with E-state index in [1.165, 1.54) is 20.3 Å². The molecular formula is C23H29N2O7Si. The standard InChI is InChI=1S/C23H29N2O7Si/c1-13(33)23(2,3)32-12-16(26)9-15-11-25(22(28)29)20-19(15)24(21(20)27)10-14-6-7-17(30-4)18(8-14)31-5/h6-9,13,19-20H,10-12H2,1-5H3,(H,28,29)/t13?,19-,20+/m1/s1. The van der Waals surface area contributed by atoms with Crippen LogP contribution < -0.4 is 9.47 Å². The summed E-state index contributed by atoms with van der Waals surface area (Å²) in [5.41, 5.74) is 0.857. The Labute approximate surface area is 196 Å². The highest BCUT2D eigenvalue weighted by Gasteiger charge is 2.58. The molecule has 2 amide bonds. The van der Waals surface area contributed by atoms with Crippen LogP contribution in [0.2, 0.25) is 5.54 Å². The molecule has 0 aromatic heterocycles. The number of rotatable bonds is 9. The van der Waals surface area contributed by atoms with E-state index in [9.17, 15) is 19.5 Å². The number of amides is 2. The van der Waals surface area contributed by atoms with Crippen LogP contribution in [0.25, 0.3) is 0 Å². The summed E-state index contributed by atoms with van der Waals surface area (Å²) in [5.74, 6) is 0.531. The molecule has 0 aliphatic carbocycles. The van der Waals surface area contributed by atoms with Gasteiger partial charge < -0.3 is 24.2 Å². The van der Waals surface area contributed by atoms with Gasteiger partial charge in [-0.1, -0.05) is 13.0 Å². The Balaban J connectivity index is 1.80. The van der Waals surface area contributed by atoms with Crippen molar-refractivity contribution in [2.45, 2.75) is 50.5 Å². The largest absolute Gasteiger partial charge is 0.493 e. The molecule has 0 spiro atoms. The number of hydrogen-bond acceptors (Lipinski definition) is 6. The summed E-state index contributed by atoms with van der Waals surface area (Å²) in [7, 11) is 6.59. The van der Waals surface area contributed by atoms with Crippen molar-refractivity contribution in [3.63, 3.8) is 0 Å². The zero-order chi connectivity index (χ0) is 24.5. The zero-order valence-corrected chi connectivity index (χ0v) is 20.5. The maximum Gasteiger partial charge on any atom is 0.408 e. The van der Waals surface area contributed by atoms with E-state index in [1.54, 1.807) is 17.0 Å². The molecule has 9 nitrogen and oxygen atoms in total. The molecule has 177 valence electrons. The number of β-lactam (4-membered cyclic amide) rings is 1. The van der Waals surface area contributed by atoms with Gasteiger partial charge in [-0.15, -0.1) is 0 Å². The van der Waals surface area contributed by atoms with Gasteiger partial charge in [0.15, 0.2) is 17.3 Å². The molecule has 2 fully saturated rings. The van der Waals surface area contributed by atoms with Gasteiger partial charge in [-0.3, -0.25) is 14.5 Å². The Hall–Kier alpha value is -2.85. The fourth-order valence-electron chi connectivity index (χ4n) is 3.93. The Morgan fingerprint density at radius 2 is 1.91 bits per heavy atom. The minimum Gasteiger partial charge on any atom is -0.493 e. The number of fused-ring (bicyclic) bond motifs is 1. The van der Waals surface area contributed by atoms with E-state index in [0.29, 0.717) is 17.1 Å². The molecule has 2 saturated heterocycles. The first-order valence-corrected chi connectivity index (χ1v) is 11.2. The number of carboxylic acid groups (broad SMARTS) is 1. The third-order valence-corrected chi connectivity index (χ3v) is 6.96. The van der Waals surface area contributed by atoms with Crippen molar-refractivity contribution in [2.24, 2.45) is 0 Å². The number of nitrogens with zero attached hydrogens (tertiary/aromatic N) is 2. The number of likely N-dealkylation sites (tertiary alicyclic amines) is 2. The fraction of sp³-hybridized carbons (Fsp3) is 0.522. The van der Waals surface area contributed by atoms with Crippen LogP contribution >= 0.6 is 0 Å². The molecule has 33 heavy (non-hydrogen) atoms. The quantitative estimate of drug-likeness (QED) is 0.332. The third kappa shape index (κ3) is 4.91. The van der Waals surface area contributed by atoms with Gasteiger partial charge in [0, 0.05) is 23.3 Å². The summed E-state index contributed by atoms with van der Waals surface area (Å²) in [6.07, 6.45) is 0.230. The van der Waals surface area contributed by atoms with E-state index in [2.05, 4.69) is 10.2 Å². The molecule has 3 radical (unpaired) electrons. The molecule has 2 aliphatic rings. The number of ketones is 1. The van der Waals surface area contributed by atoms with Crippen molar-refractivity contribution in [3.8, 4) is 11.5 Å². The van der Waals surface area contributed by atoms with E-state index in [0.717, 1.165) is 10.5 Å². The lowest BCUT2D eigenvalue weighted by atomic mass is 9.91. The van der Waals surface area contributed by atoms with Crippen molar-refractivity contribution in [3.05, 3.63) is 35.4 Å². The zero-order valence-electron chi connectivity index (χ0n) is 19.5. The van der Waals surface area contributed by atoms with Gasteiger partial charge in [0.2, 0.25) is 5.91 Å². The molecule has 1 aromatic carbocycles. The lowest BCUT2D eigenvalue weighted by molar-refractivity contribution is -0.152. The first kappa shape index (κ1) is 24.8. The van der Waals surface area contributed by atoms with Gasteiger partial charge in [0.05, 0.1) is 25.9 Å². The molecular weight excluding hydrogens is 444 g/mol. The maximum absolute atomic E-state index is 12.8. The first-order chi connectivity index (χ1) is 15.5. The molecule has 10 heteroatoms. The summed E-state index contributed by atoms with van der Waals surface area (Å²) >= 11 is 0. The third-order valence-electron chi connectivity index (χ3n) is 6.26. The second kappa shape index (κ2) is 9.56. The Morgan fingerprint density at radius 1 is 1.24 bits per heavy atom. The molecule has 2 aliphatic heterocycles. The van der Waals surface area contributed by atoms with E-state index >= 15 is 0 Å². The molecule has 0 bridgehead atoms. The molecule has 1 unspecified atom stereocenters. The minimum atomic E-state index is -1.19. The monoisotopic (exact) mass is 473 g/mol. The highest BCUT2D eigenvalue weighted by Crippen LogP contribution is 2.39. The van der Waals surface area contributed by atoms with Crippen molar-refractivity contribution in [2.75, 3.05) is 27.4 Å². The summed E-state index contributed by atoms with van der Waals surface area (Å²) in [5, 5.41) is 9.56. The van der Waals surface area contributed by atoms with Gasteiger partial charge in [-0.05, 0) is 48.7 Å². The smallest absolute Gasteiger partial charge is 0.408 e. The SMILES string of the molecule is COc1ccc(CN2C(=O)[C@@H]3[C@H]2C(=CC(=O)COC(C)(C)C(C)[Si])CN3C(=O)O)cc1OC. The topological polar surface area (TPSA) is 106 Å². The van der Waals surface area contributed by atoms with Gasteiger partial charge >= 0.3 is 6.09 Å². The second-order valence-corrected chi connectivity index (χ2v) is 9.62. The summed E-state index contributed by atoms with van der Waals surface area (Å²) in [6.45, 7) is 5.79. The van der Waals surface area contributed by atoms with Gasteiger partial charge in [0.1, 0.15) is 12.6 Å². The average molecular weight is 474 g/mol. The van der Waals surface area contributed by atoms with Crippen molar-refractivity contribution >= 4 is 28.0 Å². The van der Waals surface area contributed by atoms with E-state index in [1.807, 2.05) is 26.8 Å². The predicted octanol–water partition coefficient (Wildman–Crippen LogP) is 2.04. The Bertz CT molecular complexity index is 976. The average Bonchev–Trinajstić information content (AvgIpc) is 3.11. The molecule has 3 atom stereocenters. The van der Waals surface area contributed by atoms with Gasteiger partial charge in [0.25, 0.3) is 0 Å². The van der Waals surface area contributed by atoms with Crippen LogP contribution in [0.15, 0.2) is 29.8 Å². The van der Waals surface area contributed by atoms with Gasteiger partial charge in [-0.25, -0.2) is 4.79 Å². The second-order valence-electron chi connectivity index (χ2n) is 8.76. The van der Waals surface area contributed by atoms with Crippen LogP contribution in [0, 0.1) is 0 Å². The molecule has 1 aromatic rings. The van der Waals surface area contributed by atoms with Crippen LogP contribution in [0.5, 0.6) is 11.5 Å². The lowest BCUT2D eigenvalue weighted by Gasteiger charge is -2.45. The number of carbonyl (C=O) groups excluding carboxylic acids is 2. The summed E-state index contributed by atoms with van der Waals surface area (Å²) in [4.78, 5) is 39.8. The Morgan fingerprint density at radius 3 is 2.48 bits per heavy atom. The van der Waals surface area contributed by atoms with Crippen molar-refractivity contribution in [1.29, 1.82) is 0 Å². The van der Waals surface area contributed by atoms with Crippen LogP contribution in [0.3, 0.4) is 0 Å². The van der Waals surface area contributed by atoms with Crippen LogP contribution in [-0.4, -0.2) is 88.0 Å². The van der Waals surface area contributed by atoms with E-state index in [4.69, 9.17) is 14.2 Å². The molecule has 1 N–H and O–H groups in total. The van der Waals surface area contributed by atoms with Crippen LogP contribution in [0.4, 0.5) is 4.79 Å². The highest BCUT2D eigenvalue weighted by molar-refractivity contribution is 6.12. The number of hydrogen-bond donors (Lipinski definition) is 1. The maximum atomic E-state index is 12.8. The normalized spacial score (nSPS) is 22.1. The summed E-state index contributed by atoms with van der Waals surface area (Å²) in [6, 6.07) is 4.03. The van der Waals surface area contributed by atoms with E-state index in [-0.39, 0.29) is 36.9 Å². The van der Waals surface area contributed by atoms with Gasteiger partial charge in [-0.2, -0.15) is 0 Å². The van der Waals surface area contributed by atoms with Crippen LogP contribution in [0.1, 0.15) is 26.3 Å². The highest BCUT2D eigenvalue weighted by atomic mass is 28.1. The summed E-state index contributed by atoms with van der Waals surface area (Å²) < 4.78 is 16.3. The predicted molar refractivity (Wildman–Crippen MR) is 121 cm³/mol. The molecule has 0 saturated carbocycles. The number of carbonyl (C=O) groups is 3. The van der Waals surface area contributed by atoms with Crippen molar-refractivity contribution in [1.82, 2.24) is 9.80 Å². The number of methoxy groups -OCH3 is 2. The van der Waals surface area contributed by atoms with E-state index < -0.39 is 23.8 Å². The molecule has 2 heterocycles. The van der Waals surface area contributed by atoms with Crippen molar-refractivity contribution < 1.29 is 33.7 Å². The first-order valence-electron chi connectivity index (χ1n) is 10.6. The number of ether oxygens (including phenoxy) is 3. The Kier molecular flexibility index (Phi) is 7.18. The van der Waals surface area contributed by atoms with Crippen LogP contribution in [-0.2, 0) is 20.9 Å². The molecule has 3 rings (SSSR count). The number of benzene rings is 1.